The molecule has 4 unspecified atom stereocenters. The predicted molar refractivity (Wildman–Crippen MR) is 126 cm³/mol. The summed E-state index contributed by atoms with van der Waals surface area (Å²) in [5.41, 5.74) is -1.39. The Kier molecular flexibility index (Phi) is 7.41. The van der Waals surface area contributed by atoms with Gasteiger partial charge in [0.25, 0.3) is 0 Å². The zero-order valence-electron chi connectivity index (χ0n) is 20.6. The molecule has 4 aliphatic carbocycles. The highest BCUT2D eigenvalue weighted by atomic mass is 32.2. The lowest BCUT2D eigenvalue weighted by molar-refractivity contribution is -0.191. The molecule has 0 spiro atoms. The predicted octanol–water partition coefficient (Wildman–Crippen LogP) is 3.13. The molecule has 0 amide bonds. The Morgan fingerprint density at radius 2 is 1.71 bits per heavy atom. The number of hydrogen-bond acceptors (Lipinski definition) is 7. The van der Waals surface area contributed by atoms with Crippen molar-refractivity contribution >= 4 is 32.8 Å². The standard InChI is InChI=1S/C24H36F2O7S2/c1-15(27)20(34-6-4-32-5-7-34)22(2,3)13-19-18-9-16-8-17(10-18)12-23(19,11-16)21(28)33-14-24(25,26)35(29,30)31/h16-20H,4-14H2,1-3H3. The number of Topliss-reactive ketones (excluding diaryl/α,β-unsaturated/α-hetero) is 1. The lowest BCUT2D eigenvalue weighted by Crippen LogP contribution is -2.59. The van der Waals surface area contributed by atoms with Crippen molar-refractivity contribution in [3.63, 3.8) is 0 Å². The second-order valence-corrected chi connectivity index (χ2v) is 15.6. The number of ketones is 1. The molecule has 0 aromatic rings. The van der Waals surface area contributed by atoms with E-state index < -0.39 is 38.8 Å². The summed E-state index contributed by atoms with van der Waals surface area (Å²) in [7, 11) is -6.07. The molecule has 7 nitrogen and oxygen atoms in total. The Morgan fingerprint density at radius 1 is 1.14 bits per heavy atom. The first-order valence-electron chi connectivity index (χ1n) is 12.4. The van der Waals surface area contributed by atoms with Crippen LogP contribution in [0.3, 0.4) is 0 Å². The van der Waals surface area contributed by atoms with E-state index in [0.29, 0.717) is 44.3 Å². The number of carbonyl (C=O) groups excluding carboxylic acids is 2. The molecule has 0 radical (unpaired) electrons. The monoisotopic (exact) mass is 538 g/mol. The van der Waals surface area contributed by atoms with Crippen LogP contribution in [0, 0.1) is 34.5 Å². The fourth-order valence-corrected chi connectivity index (χ4v) is 10.9. The molecule has 4 bridgehead atoms. The zero-order valence-corrected chi connectivity index (χ0v) is 22.2. The maximum Gasteiger partial charge on any atom is 0.367 e. The summed E-state index contributed by atoms with van der Waals surface area (Å²) in [5, 5.41) is -4.84. The van der Waals surface area contributed by atoms with E-state index in [1.165, 1.54) is 0 Å². The number of hydrogen-bond donors (Lipinski definition) is 0. The molecule has 4 saturated carbocycles. The van der Waals surface area contributed by atoms with Crippen molar-refractivity contribution < 1.29 is 40.8 Å². The Morgan fingerprint density at radius 3 is 2.23 bits per heavy atom. The summed E-state index contributed by atoms with van der Waals surface area (Å²) < 4.78 is 70.8. The molecule has 1 heterocycles. The Labute approximate surface area is 209 Å². The van der Waals surface area contributed by atoms with Crippen LogP contribution in [0.15, 0.2) is 0 Å². The van der Waals surface area contributed by atoms with Crippen LogP contribution in [0.2, 0.25) is 0 Å². The minimum atomic E-state index is -5.94. The summed E-state index contributed by atoms with van der Waals surface area (Å²) in [4.78, 5) is 26.3. The van der Waals surface area contributed by atoms with E-state index in [4.69, 9.17) is 9.47 Å². The Bertz CT molecular complexity index is 932. The summed E-state index contributed by atoms with van der Waals surface area (Å²) in [6, 6.07) is 0. The molecule has 35 heavy (non-hydrogen) atoms. The van der Waals surface area contributed by atoms with Gasteiger partial charge in [-0.3, -0.25) is 9.59 Å². The minimum Gasteiger partial charge on any atom is -0.743 e. The smallest absolute Gasteiger partial charge is 0.367 e. The maximum absolute atomic E-state index is 13.8. The lowest BCUT2D eigenvalue weighted by atomic mass is 9.43. The van der Waals surface area contributed by atoms with Crippen LogP contribution >= 0.6 is 0 Å². The van der Waals surface area contributed by atoms with Gasteiger partial charge in [-0.2, -0.15) is 8.78 Å². The van der Waals surface area contributed by atoms with Gasteiger partial charge >= 0.3 is 11.2 Å². The molecular weight excluding hydrogens is 502 g/mol. The van der Waals surface area contributed by atoms with Gasteiger partial charge in [-0.1, -0.05) is 13.8 Å². The van der Waals surface area contributed by atoms with Gasteiger partial charge in [0, 0.05) is 16.3 Å². The van der Waals surface area contributed by atoms with Crippen molar-refractivity contribution in [2.24, 2.45) is 34.5 Å². The molecule has 0 N–H and O–H groups in total. The molecule has 200 valence electrons. The zero-order chi connectivity index (χ0) is 25.8. The summed E-state index contributed by atoms with van der Waals surface area (Å²) in [5.74, 6) is 1.70. The van der Waals surface area contributed by atoms with Crippen LogP contribution in [0.4, 0.5) is 8.78 Å². The van der Waals surface area contributed by atoms with Gasteiger partial charge in [-0.25, -0.2) is 8.42 Å². The van der Waals surface area contributed by atoms with Crippen LogP contribution < -0.4 is 0 Å². The highest BCUT2D eigenvalue weighted by molar-refractivity contribution is 7.98. The van der Waals surface area contributed by atoms with E-state index in [1.807, 2.05) is 0 Å². The average Bonchev–Trinajstić information content (AvgIpc) is 2.73. The largest absolute Gasteiger partial charge is 0.743 e. The number of carbonyl (C=O) groups is 2. The molecule has 11 heteroatoms. The summed E-state index contributed by atoms with van der Waals surface area (Å²) >= 11 is 0. The molecular formula is C24H36F2O7S2. The first kappa shape index (κ1) is 27.3. The lowest BCUT2D eigenvalue weighted by Gasteiger charge is -2.61. The fourth-order valence-electron chi connectivity index (χ4n) is 7.87. The molecule has 1 saturated heterocycles. The van der Waals surface area contributed by atoms with Gasteiger partial charge in [0.15, 0.2) is 27.8 Å². The first-order chi connectivity index (χ1) is 16.2. The molecule has 1 aliphatic heterocycles. The third kappa shape index (κ3) is 5.16. The fraction of sp³-hybridized carbons (Fsp3) is 0.917. The van der Waals surface area contributed by atoms with Crippen molar-refractivity contribution in [1.82, 2.24) is 0 Å². The molecule has 0 aromatic heterocycles. The number of esters is 1. The van der Waals surface area contributed by atoms with Crippen molar-refractivity contribution in [1.29, 1.82) is 0 Å². The van der Waals surface area contributed by atoms with Crippen molar-refractivity contribution in [2.75, 3.05) is 31.3 Å². The molecule has 5 rings (SSSR count). The van der Waals surface area contributed by atoms with Gasteiger partial charge in [0.05, 0.1) is 18.6 Å². The third-order valence-corrected chi connectivity index (χ3v) is 12.7. The number of rotatable bonds is 9. The topological polar surface area (TPSA) is 110 Å². The second kappa shape index (κ2) is 9.51. The summed E-state index contributed by atoms with van der Waals surface area (Å²) in [6.07, 6.45) is 4.60. The van der Waals surface area contributed by atoms with Gasteiger partial charge in [-0.05, 0) is 69.1 Å². The SMILES string of the molecule is CC(=O)C([S+]1CCOCC1)C(C)(C)CC1C2CC3CC(C2)CC1(C(=O)OCC(F)(F)S(=O)(=O)[O-])C3. The van der Waals surface area contributed by atoms with Gasteiger partial charge in [0.2, 0.25) is 0 Å². The second-order valence-electron chi connectivity index (χ2n) is 11.8. The van der Waals surface area contributed by atoms with Gasteiger partial charge in [0.1, 0.15) is 11.5 Å². The summed E-state index contributed by atoms with van der Waals surface area (Å²) in [6.45, 7) is 5.28. The van der Waals surface area contributed by atoms with E-state index >= 15 is 0 Å². The molecule has 5 fully saturated rings. The van der Waals surface area contributed by atoms with E-state index in [0.717, 1.165) is 30.8 Å². The molecule has 5 aliphatic rings. The van der Waals surface area contributed by atoms with Gasteiger partial charge < -0.3 is 14.0 Å². The minimum absolute atomic E-state index is 0.126. The Hall–Kier alpha value is -0.780. The molecule has 0 aromatic carbocycles. The van der Waals surface area contributed by atoms with Crippen molar-refractivity contribution in [3.05, 3.63) is 0 Å². The number of halogens is 2. The van der Waals surface area contributed by atoms with Crippen LogP contribution in [0.25, 0.3) is 0 Å². The van der Waals surface area contributed by atoms with Crippen LogP contribution in [0.5, 0.6) is 0 Å². The average molecular weight is 539 g/mol. The highest BCUT2D eigenvalue weighted by Gasteiger charge is 2.63. The molecule has 4 atom stereocenters. The van der Waals surface area contributed by atoms with E-state index in [-0.39, 0.29) is 33.8 Å². The highest BCUT2D eigenvalue weighted by Crippen LogP contribution is 2.65. The number of ether oxygens (including phenoxy) is 2. The normalized spacial score (nSPS) is 34.6. The maximum atomic E-state index is 13.8. The third-order valence-electron chi connectivity index (χ3n) is 8.81. The van der Waals surface area contributed by atoms with Crippen LogP contribution in [-0.4, -0.2) is 66.6 Å². The van der Waals surface area contributed by atoms with E-state index in [9.17, 15) is 31.3 Å². The van der Waals surface area contributed by atoms with Crippen molar-refractivity contribution in [3.8, 4) is 0 Å². The first-order valence-corrected chi connectivity index (χ1v) is 15.4. The van der Waals surface area contributed by atoms with Crippen LogP contribution in [-0.2, 0) is 40.1 Å². The van der Waals surface area contributed by atoms with E-state index in [1.54, 1.807) is 6.92 Å². The van der Waals surface area contributed by atoms with Gasteiger partial charge in [-0.15, -0.1) is 0 Å². The van der Waals surface area contributed by atoms with E-state index in [2.05, 4.69) is 13.8 Å². The van der Waals surface area contributed by atoms with Crippen molar-refractivity contribution in [2.45, 2.75) is 69.8 Å². The Balaban J connectivity index is 1.60. The number of alkyl halides is 2. The van der Waals surface area contributed by atoms with Crippen LogP contribution in [0.1, 0.15) is 59.3 Å². The quantitative estimate of drug-likeness (QED) is 0.252.